The first-order valence-corrected chi connectivity index (χ1v) is 12.3. The summed E-state index contributed by atoms with van der Waals surface area (Å²) in [6.07, 6.45) is -0.628. The van der Waals surface area contributed by atoms with Crippen LogP contribution in [0.4, 0.5) is 24.1 Å². The van der Waals surface area contributed by atoms with Gasteiger partial charge in [-0.1, -0.05) is 53.4 Å². The summed E-state index contributed by atoms with van der Waals surface area (Å²) in [4.78, 5) is 22.2. The zero-order valence-corrected chi connectivity index (χ0v) is 20.2. The molecule has 0 fully saturated rings. The summed E-state index contributed by atoms with van der Waals surface area (Å²) in [6.45, 7) is 2.08. The molecule has 0 aliphatic carbocycles. The van der Waals surface area contributed by atoms with Crippen LogP contribution in [-0.4, -0.2) is 22.4 Å². The molecule has 35 heavy (non-hydrogen) atoms. The van der Waals surface area contributed by atoms with Crippen molar-refractivity contribution in [2.45, 2.75) is 28.6 Å². The average molecular weight is 515 g/mol. The van der Waals surface area contributed by atoms with Gasteiger partial charge < -0.3 is 10.6 Å². The SMILES string of the molecule is Cc1ccc(Sc2cnc(Nc3ccccn3)s2)cc1C(=O)NCCc1cccc(C(F)(F)F)c1. The van der Waals surface area contributed by atoms with Crippen LogP contribution in [0.15, 0.2) is 82.2 Å². The Morgan fingerprint density at radius 2 is 1.91 bits per heavy atom. The Morgan fingerprint density at radius 1 is 1.06 bits per heavy atom. The van der Waals surface area contributed by atoms with Gasteiger partial charge in [-0.05, 0) is 54.8 Å². The van der Waals surface area contributed by atoms with Crippen molar-refractivity contribution in [3.63, 3.8) is 0 Å². The van der Waals surface area contributed by atoms with E-state index in [1.54, 1.807) is 18.5 Å². The standard InChI is InChI=1S/C25H21F3N4OS2/c1-16-8-9-19(34-22-15-31-24(35-22)32-21-7-2-3-11-29-21)14-20(16)23(33)30-12-10-17-5-4-6-18(13-17)25(26,27)28/h2-9,11,13-15H,10,12H2,1H3,(H,30,33)(H,29,31,32). The normalized spacial score (nSPS) is 11.3. The average Bonchev–Trinajstić information content (AvgIpc) is 3.27. The first kappa shape index (κ1) is 24.7. The summed E-state index contributed by atoms with van der Waals surface area (Å²) in [5, 5.41) is 6.68. The van der Waals surface area contributed by atoms with Gasteiger partial charge in [-0.15, -0.1) is 0 Å². The Morgan fingerprint density at radius 3 is 2.69 bits per heavy atom. The van der Waals surface area contributed by atoms with Crippen molar-refractivity contribution < 1.29 is 18.0 Å². The van der Waals surface area contributed by atoms with Crippen LogP contribution in [-0.2, 0) is 12.6 Å². The van der Waals surface area contributed by atoms with Crippen molar-refractivity contribution in [2.24, 2.45) is 0 Å². The van der Waals surface area contributed by atoms with Crippen LogP contribution < -0.4 is 10.6 Å². The minimum Gasteiger partial charge on any atom is -0.352 e. The van der Waals surface area contributed by atoms with Gasteiger partial charge in [0.15, 0.2) is 5.13 Å². The molecular weight excluding hydrogens is 493 g/mol. The minimum atomic E-state index is -4.39. The monoisotopic (exact) mass is 514 g/mol. The molecule has 180 valence electrons. The number of nitrogens with zero attached hydrogens (tertiary/aromatic N) is 2. The number of carbonyl (C=O) groups excluding carboxylic acids is 1. The second-order valence-corrected chi connectivity index (χ2v) is 10.0. The Bertz CT molecular complexity index is 1310. The van der Waals surface area contributed by atoms with Gasteiger partial charge >= 0.3 is 6.18 Å². The molecule has 4 aromatic rings. The number of thiazole rings is 1. The van der Waals surface area contributed by atoms with Gasteiger partial charge in [0.05, 0.1) is 16.0 Å². The fraction of sp³-hybridized carbons (Fsp3) is 0.160. The number of benzene rings is 2. The molecule has 4 rings (SSSR count). The minimum absolute atomic E-state index is 0.231. The molecular formula is C25H21F3N4OS2. The van der Waals surface area contributed by atoms with Gasteiger partial charge in [-0.25, -0.2) is 9.97 Å². The first-order valence-electron chi connectivity index (χ1n) is 10.6. The summed E-state index contributed by atoms with van der Waals surface area (Å²) in [7, 11) is 0. The van der Waals surface area contributed by atoms with Crippen molar-refractivity contribution >= 4 is 40.0 Å². The highest BCUT2D eigenvalue weighted by molar-refractivity contribution is 8.01. The number of anilines is 2. The molecule has 0 bridgehead atoms. The molecule has 0 atom stereocenters. The van der Waals surface area contributed by atoms with E-state index >= 15 is 0 Å². The quantitative estimate of drug-likeness (QED) is 0.273. The van der Waals surface area contributed by atoms with E-state index < -0.39 is 11.7 Å². The molecule has 0 spiro atoms. The number of amides is 1. The van der Waals surface area contributed by atoms with Gasteiger partial charge in [0.25, 0.3) is 5.91 Å². The summed E-state index contributed by atoms with van der Waals surface area (Å²) in [6, 6.07) is 16.3. The zero-order chi connectivity index (χ0) is 24.8. The highest BCUT2D eigenvalue weighted by Gasteiger charge is 2.30. The Kier molecular flexibility index (Phi) is 7.72. The topological polar surface area (TPSA) is 66.9 Å². The smallest absolute Gasteiger partial charge is 0.352 e. The molecule has 0 radical (unpaired) electrons. The van der Waals surface area contributed by atoms with E-state index in [1.807, 2.05) is 43.3 Å². The molecule has 2 aromatic heterocycles. The van der Waals surface area contributed by atoms with Gasteiger partial charge in [-0.3, -0.25) is 4.79 Å². The Hall–Kier alpha value is -3.37. The molecule has 0 saturated heterocycles. The van der Waals surface area contributed by atoms with Crippen LogP contribution in [0.3, 0.4) is 0 Å². The lowest BCUT2D eigenvalue weighted by molar-refractivity contribution is -0.137. The number of hydrogen-bond acceptors (Lipinski definition) is 6. The molecule has 0 unspecified atom stereocenters. The Balaban J connectivity index is 1.36. The lowest BCUT2D eigenvalue weighted by atomic mass is 10.1. The van der Waals surface area contributed by atoms with Gasteiger partial charge in [0.2, 0.25) is 0 Å². The second-order valence-electron chi connectivity index (χ2n) is 7.61. The van der Waals surface area contributed by atoms with Crippen LogP contribution >= 0.6 is 23.1 Å². The van der Waals surface area contributed by atoms with Crippen molar-refractivity contribution in [1.29, 1.82) is 0 Å². The highest BCUT2D eigenvalue weighted by Crippen LogP contribution is 2.35. The second kappa shape index (κ2) is 10.9. The van der Waals surface area contributed by atoms with Crippen molar-refractivity contribution in [3.8, 4) is 0 Å². The Labute approximate surface area is 208 Å². The number of hydrogen-bond donors (Lipinski definition) is 2. The molecule has 1 amide bonds. The third-order valence-electron chi connectivity index (χ3n) is 5.01. The predicted molar refractivity (Wildman–Crippen MR) is 132 cm³/mol. The first-order chi connectivity index (χ1) is 16.8. The van der Waals surface area contributed by atoms with E-state index in [0.29, 0.717) is 28.5 Å². The molecule has 5 nitrogen and oxygen atoms in total. The lowest BCUT2D eigenvalue weighted by Crippen LogP contribution is -2.26. The third kappa shape index (κ3) is 6.83. The van der Waals surface area contributed by atoms with E-state index in [-0.39, 0.29) is 12.5 Å². The number of rotatable bonds is 8. The fourth-order valence-corrected chi connectivity index (χ4v) is 5.15. The van der Waals surface area contributed by atoms with Crippen LogP contribution in [0.1, 0.15) is 27.0 Å². The molecule has 0 aliphatic rings. The fourth-order valence-electron chi connectivity index (χ4n) is 3.25. The molecule has 2 aromatic carbocycles. The maximum absolute atomic E-state index is 12.9. The number of halogens is 3. The molecule has 2 heterocycles. The number of nitrogens with one attached hydrogen (secondary N) is 2. The predicted octanol–water partition coefficient (Wildman–Crippen LogP) is 6.73. The lowest BCUT2D eigenvalue weighted by Gasteiger charge is -2.11. The molecule has 0 saturated carbocycles. The molecule has 2 N–H and O–H groups in total. The maximum atomic E-state index is 12.9. The van der Waals surface area contributed by atoms with E-state index in [9.17, 15) is 18.0 Å². The van der Waals surface area contributed by atoms with E-state index in [1.165, 1.54) is 29.2 Å². The van der Waals surface area contributed by atoms with Gasteiger partial charge in [0, 0.05) is 23.2 Å². The number of aromatic nitrogens is 2. The van der Waals surface area contributed by atoms with Crippen LogP contribution in [0.25, 0.3) is 0 Å². The van der Waals surface area contributed by atoms with Crippen LogP contribution in [0.2, 0.25) is 0 Å². The van der Waals surface area contributed by atoms with Crippen molar-refractivity contribution in [3.05, 3.63) is 95.3 Å². The van der Waals surface area contributed by atoms with E-state index in [0.717, 1.165) is 26.8 Å². The van der Waals surface area contributed by atoms with Crippen LogP contribution in [0.5, 0.6) is 0 Å². The highest BCUT2D eigenvalue weighted by atomic mass is 32.2. The largest absolute Gasteiger partial charge is 0.416 e. The summed E-state index contributed by atoms with van der Waals surface area (Å²) < 4.78 is 39.6. The van der Waals surface area contributed by atoms with Gasteiger partial charge in [0.1, 0.15) is 5.82 Å². The molecule has 10 heteroatoms. The van der Waals surface area contributed by atoms with E-state index in [4.69, 9.17) is 0 Å². The number of pyridine rings is 1. The maximum Gasteiger partial charge on any atom is 0.416 e. The summed E-state index contributed by atoms with van der Waals surface area (Å²) in [5.74, 6) is 0.441. The van der Waals surface area contributed by atoms with E-state index in [2.05, 4.69) is 20.6 Å². The van der Waals surface area contributed by atoms with Crippen molar-refractivity contribution in [2.75, 3.05) is 11.9 Å². The van der Waals surface area contributed by atoms with Gasteiger partial charge in [-0.2, -0.15) is 13.2 Å². The number of aryl methyl sites for hydroxylation is 1. The zero-order valence-electron chi connectivity index (χ0n) is 18.6. The number of alkyl halides is 3. The third-order valence-corrected chi connectivity index (χ3v) is 7.01. The number of carbonyl (C=O) groups is 1. The summed E-state index contributed by atoms with van der Waals surface area (Å²) in [5.41, 5.74) is 1.16. The summed E-state index contributed by atoms with van der Waals surface area (Å²) >= 11 is 2.97. The molecule has 0 aliphatic heterocycles. The van der Waals surface area contributed by atoms with Crippen LogP contribution in [0, 0.1) is 6.92 Å². The van der Waals surface area contributed by atoms with Crippen molar-refractivity contribution in [1.82, 2.24) is 15.3 Å².